The van der Waals surface area contributed by atoms with E-state index in [2.05, 4.69) is 16.7 Å². The Morgan fingerprint density at radius 2 is 2.25 bits per heavy atom. The maximum Gasteiger partial charge on any atom is 0.0642 e. The second-order valence-electron chi connectivity index (χ2n) is 4.04. The standard InChI is InChI=1S/C9H15N3/c10-4-3-9(6-11-7-9)12-5-8-1-2-8/h8,11-12H,1-3,5-7H2. The quantitative estimate of drug-likeness (QED) is 0.627. The number of hydrogen-bond acceptors (Lipinski definition) is 3. The van der Waals surface area contributed by atoms with Crippen molar-refractivity contribution < 1.29 is 0 Å². The Morgan fingerprint density at radius 3 is 2.67 bits per heavy atom. The molecule has 0 amide bonds. The Labute approximate surface area is 73.1 Å². The smallest absolute Gasteiger partial charge is 0.0642 e. The predicted molar refractivity (Wildman–Crippen MR) is 46.6 cm³/mol. The molecule has 0 unspecified atom stereocenters. The third-order valence-electron chi connectivity index (χ3n) is 2.81. The Kier molecular flexibility index (Phi) is 2.03. The van der Waals surface area contributed by atoms with E-state index in [-0.39, 0.29) is 5.54 Å². The maximum absolute atomic E-state index is 8.63. The van der Waals surface area contributed by atoms with Crippen LogP contribution < -0.4 is 10.6 Å². The van der Waals surface area contributed by atoms with Gasteiger partial charge in [-0.3, -0.25) is 0 Å². The van der Waals surface area contributed by atoms with Crippen LogP contribution in [-0.2, 0) is 0 Å². The number of rotatable bonds is 4. The van der Waals surface area contributed by atoms with Gasteiger partial charge in [-0.2, -0.15) is 5.26 Å². The van der Waals surface area contributed by atoms with E-state index in [0.717, 1.165) is 25.6 Å². The largest absolute Gasteiger partial charge is 0.313 e. The van der Waals surface area contributed by atoms with Gasteiger partial charge in [0.2, 0.25) is 0 Å². The number of hydrogen-bond donors (Lipinski definition) is 2. The zero-order chi connectivity index (χ0) is 8.44. The highest BCUT2D eigenvalue weighted by atomic mass is 15.1. The fourth-order valence-electron chi connectivity index (χ4n) is 1.57. The van der Waals surface area contributed by atoms with Gasteiger partial charge in [-0.05, 0) is 25.3 Å². The van der Waals surface area contributed by atoms with E-state index in [9.17, 15) is 0 Å². The molecule has 2 aliphatic rings. The number of nitrogens with zero attached hydrogens (tertiary/aromatic N) is 1. The van der Waals surface area contributed by atoms with Crippen molar-refractivity contribution in [3.05, 3.63) is 0 Å². The van der Waals surface area contributed by atoms with Gasteiger partial charge in [0.05, 0.1) is 18.0 Å². The molecule has 0 radical (unpaired) electrons. The normalized spacial score (nSPS) is 25.9. The summed E-state index contributed by atoms with van der Waals surface area (Å²) < 4.78 is 0. The summed E-state index contributed by atoms with van der Waals surface area (Å²) in [5, 5.41) is 15.4. The lowest BCUT2D eigenvalue weighted by Gasteiger charge is -2.42. The van der Waals surface area contributed by atoms with Gasteiger partial charge in [-0.15, -0.1) is 0 Å². The highest BCUT2D eigenvalue weighted by Crippen LogP contribution is 2.29. The van der Waals surface area contributed by atoms with Gasteiger partial charge < -0.3 is 10.6 Å². The van der Waals surface area contributed by atoms with Gasteiger partial charge in [0.1, 0.15) is 0 Å². The summed E-state index contributed by atoms with van der Waals surface area (Å²) >= 11 is 0. The summed E-state index contributed by atoms with van der Waals surface area (Å²) in [5.41, 5.74) is 0.122. The van der Waals surface area contributed by atoms with Crippen LogP contribution in [0.5, 0.6) is 0 Å². The summed E-state index contributed by atoms with van der Waals surface area (Å²) in [4.78, 5) is 0. The van der Waals surface area contributed by atoms with Crippen LogP contribution in [0.15, 0.2) is 0 Å². The highest BCUT2D eigenvalue weighted by molar-refractivity contribution is 5.06. The highest BCUT2D eigenvalue weighted by Gasteiger charge is 2.37. The average molecular weight is 165 g/mol. The molecular formula is C9H15N3. The molecule has 1 saturated heterocycles. The fourth-order valence-corrected chi connectivity index (χ4v) is 1.57. The minimum absolute atomic E-state index is 0.122. The van der Waals surface area contributed by atoms with Crippen molar-refractivity contribution in [2.75, 3.05) is 19.6 Å². The second kappa shape index (κ2) is 3.04. The Balaban J connectivity index is 1.76. The van der Waals surface area contributed by atoms with Crippen LogP contribution in [0.2, 0.25) is 0 Å². The summed E-state index contributed by atoms with van der Waals surface area (Å²) in [6, 6.07) is 2.25. The van der Waals surface area contributed by atoms with Gasteiger partial charge in [0.15, 0.2) is 0 Å². The minimum atomic E-state index is 0.122. The van der Waals surface area contributed by atoms with Crippen LogP contribution in [0.1, 0.15) is 19.3 Å². The van der Waals surface area contributed by atoms with Crippen molar-refractivity contribution in [3.63, 3.8) is 0 Å². The molecule has 0 bridgehead atoms. The Bertz CT molecular complexity index is 198. The van der Waals surface area contributed by atoms with E-state index < -0.39 is 0 Å². The monoisotopic (exact) mass is 165 g/mol. The Hall–Kier alpha value is -0.590. The molecule has 0 aromatic heterocycles. The van der Waals surface area contributed by atoms with E-state index in [1.54, 1.807) is 0 Å². The second-order valence-corrected chi connectivity index (χ2v) is 4.04. The number of nitriles is 1. The van der Waals surface area contributed by atoms with Gasteiger partial charge in [-0.25, -0.2) is 0 Å². The van der Waals surface area contributed by atoms with Gasteiger partial charge in [0, 0.05) is 13.1 Å². The van der Waals surface area contributed by atoms with Crippen LogP contribution in [0.4, 0.5) is 0 Å². The third kappa shape index (κ3) is 1.60. The first-order valence-corrected chi connectivity index (χ1v) is 4.67. The molecule has 0 atom stereocenters. The van der Waals surface area contributed by atoms with E-state index in [0.29, 0.717) is 6.42 Å². The predicted octanol–water partition coefficient (Wildman–Crippen LogP) is 0.242. The summed E-state index contributed by atoms with van der Waals surface area (Å²) in [5.74, 6) is 0.904. The summed E-state index contributed by atoms with van der Waals surface area (Å²) in [7, 11) is 0. The molecule has 0 aromatic carbocycles. The molecule has 2 fully saturated rings. The van der Waals surface area contributed by atoms with Crippen molar-refractivity contribution in [2.24, 2.45) is 5.92 Å². The van der Waals surface area contributed by atoms with Crippen LogP contribution in [-0.4, -0.2) is 25.2 Å². The fraction of sp³-hybridized carbons (Fsp3) is 0.889. The average Bonchev–Trinajstić information content (AvgIpc) is 2.77. The van der Waals surface area contributed by atoms with Crippen LogP contribution in [0.3, 0.4) is 0 Å². The molecule has 1 heterocycles. The molecule has 1 saturated carbocycles. The van der Waals surface area contributed by atoms with Gasteiger partial charge >= 0.3 is 0 Å². The molecule has 66 valence electrons. The minimum Gasteiger partial charge on any atom is -0.313 e. The maximum atomic E-state index is 8.63. The first-order valence-electron chi connectivity index (χ1n) is 4.67. The molecule has 2 N–H and O–H groups in total. The first kappa shape index (κ1) is 8.03. The van der Waals surface area contributed by atoms with E-state index in [1.807, 2.05) is 0 Å². The first-order chi connectivity index (χ1) is 5.85. The lowest BCUT2D eigenvalue weighted by Crippen LogP contribution is -2.67. The summed E-state index contributed by atoms with van der Waals surface area (Å²) in [6.45, 7) is 3.05. The third-order valence-corrected chi connectivity index (χ3v) is 2.81. The Morgan fingerprint density at radius 1 is 1.50 bits per heavy atom. The molecule has 3 nitrogen and oxygen atoms in total. The number of nitrogens with one attached hydrogen (secondary N) is 2. The molecule has 12 heavy (non-hydrogen) atoms. The molecule has 3 heteroatoms. The van der Waals surface area contributed by atoms with Crippen molar-refractivity contribution in [1.82, 2.24) is 10.6 Å². The molecule has 0 aromatic rings. The van der Waals surface area contributed by atoms with Crippen molar-refractivity contribution in [1.29, 1.82) is 5.26 Å². The summed E-state index contributed by atoms with van der Waals surface area (Å²) in [6.07, 6.45) is 3.40. The zero-order valence-corrected chi connectivity index (χ0v) is 7.27. The van der Waals surface area contributed by atoms with E-state index in [1.165, 1.54) is 12.8 Å². The van der Waals surface area contributed by atoms with Crippen molar-refractivity contribution in [2.45, 2.75) is 24.8 Å². The molecule has 1 aliphatic carbocycles. The van der Waals surface area contributed by atoms with Crippen molar-refractivity contribution in [3.8, 4) is 6.07 Å². The van der Waals surface area contributed by atoms with Crippen molar-refractivity contribution >= 4 is 0 Å². The topological polar surface area (TPSA) is 47.9 Å². The molecule has 0 spiro atoms. The van der Waals surface area contributed by atoms with E-state index >= 15 is 0 Å². The SMILES string of the molecule is N#CCC1(NCC2CC2)CNC1. The molecule has 1 aliphatic heterocycles. The van der Waals surface area contributed by atoms with Crippen LogP contribution >= 0.6 is 0 Å². The van der Waals surface area contributed by atoms with Gasteiger partial charge in [0.25, 0.3) is 0 Å². The van der Waals surface area contributed by atoms with E-state index in [4.69, 9.17) is 5.26 Å². The lowest BCUT2D eigenvalue weighted by atomic mass is 9.89. The van der Waals surface area contributed by atoms with Crippen LogP contribution in [0, 0.1) is 17.2 Å². The van der Waals surface area contributed by atoms with Gasteiger partial charge in [-0.1, -0.05) is 0 Å². The zero-order valence-electron chi connectivity index (χ0n) is 7.27. The lowest BCUT2D eigenvalue weighted by molar-refractivity contribution is 0.217. The molecule has 2 rings (SSSR count). The van der Waals surface area contributed by atoms with Crippen LogP contribution in [0.25, 0.3) is 0 Å². The molecular weight excluding hydrogens is 150 g/mol.